The molecule has 6 heteroatoms. The number of carbonyl (C=O) groups excluding carboxylic acids is 1. The Hall–Kier alpha value is -2.11. The van der Waals surface area contributed by atoms with Crippen LogP contribution in [0.2, 0.25) is 5.02 Å². The van der Waals surface area contributed by atoms with Gasteiger partial charge in [-0.3, -0.25) is 4.79 Å². The van der Waals surface area contributed by atoms with Crippen molar-refractivity contribution in [3.05, 3.63) is 58.6 Å². The van der Waals surface area contributed by atoms with Crippen molar-refractivity contribution in [2.75, 3.05) is 5.32 Å². The molecule has 0 unspecified atom stereocenters. The molecule has 0 fully saturated rings. The minimum absolute atomic E-state index is 0.276. The number of anilines is 2. The van der Waals surface area contributed by atoms with E-state index in [-0.39, 0.29) is 4.99 Å². The maximum atomic E-state index is 11.0. The summed E-state index contributed by atoms with van der Waals surface area (Å²) in [5.74, 6) is -0.469. The fraction of sp³-hybridized carbons (Fsp3) is 0. The fourth-order valence-electron chi connectivity index (χ4n) is 1.71. The largest absolute Gasteiger partial charge is 0.389 e. The lowest BCUT2D eigenvalue weighted by atomic mass is 10.1. The van der Waals surface area contributed by atoms with Crippen molar-refractivity contribution in [3.8, 4) is 0 Å². The average molecular weight is 306 g/mol. The average Bonchev–Trinajstić information content (AvgIpc) is 2.39. The molecule has 4 nitrogen and oxygen atoms in total. The van der Waals surface area contributed by atoms with E-state index in [4.69, 9.17) is 35.3 Å². The second-order valence-electron chi connectivity index (χ2n) is 4.12. The van der Waals surface area contributed by atoms with Gasteiger partial charge in [-0.25, -0.2) is 0 Å². The smallest absolute Gasteiger partial charge is 0.248 e. The van der Waals surface area contributed by atoms with Crippen LogP contribution >= 0.6 is 23.8 Å². The third-order valence-electron chi connectivity index (χ3n) is 2.70. The first-order valence-corrected chi connectivity index (χ1v) is 6.52. The van der Waals surface area contributed by atoms with Crippen LogP contribution in [0.4, 0.5) is 11.4 Å². The van der Waals surface area contributed by atoms with Crippen molar-refractivity contribution >= 4 is 46.1 Å². The highest BCUT2D eigenvalue weighted by atomic mass is 35.5. The van der Waals surface area contributed by atoms with Crippen LogP contribution in [-0.4, -0.2) is 10.9 Å². The second kappa shape index (κ2) is 5.90. The van der Waals surface area contributed by atoms with Gasteiger partial charge in [0.25, 0.3) is 0 Å². The van der Waals surface area contributed by atoms with Crippen LogP contribution < -0.4 is 16.8 Å². The summed E-state index contributed by atoms with van der Waals surface area (Å²) in [5, 5.41) is 3.73. The van der Waals surface area contributed by atoms with Gasteiger partial charge in [0.15, 0.2) is 0 Å². The van der Waals surface area contributed by atoms with Crippen molar-refractivity contribution in [1.82, 2.24) is 0 Å². The maximum Gasteiger partial charge on any atom is 0.248 e. The Morgan fingerprint density at radius 1 is 1.10 bits per heavy atom. The van der Waals surface area contributed by atoms with Crippen molar-refractivity contribution in [2.45, 2.75) is 0 Å². The Balaban J connectivity index is 2.31. The van der Waals surface area contributed by atoms with Crippen molar-refractivity contribution in [1.29, 1.82) is 0 Å². The molecule has 0 aliphatic carbocycles. The molecule has 0 radical (unpaired) electrons. The fourth-order valence-corrected chi connectivity index (χ4v) is 2.06. The third kappa shape index (κ3) is 3.26. The Labute approximate surface area is 126 Å². The van der Waals surface area contributed by atoms with E-state index in [0.29, 0.717) is 21.8 Å². The highest BCUT2D eigenvalue weighted by Gasteiger charge is 2.07. The van der Waals surface area contributed by atoms with Gasteiger partial charge in [-0.05, 0) is 42.5 Å². The monoisotopic (exact) mass is 305 g/mol. The molecule has 0 bridgehead atoms. The zero-order valence-corrected chi connectivity index (χ0v) is 12.0. The first kappa shape index (κ1) is 14.3. The van der Waals surface area contributed by atoms with Gasteiger partial charge >= 0.3 is 0 Å². The molecule has 0 atom stereocenters. The summed E-state index contributed by atoms with van der Waals surface area (Å²) >= 11 is 11.0. The van der Waals surface area contributed by atoms with E-state index in [1.807, 2.05) is 0 Å². The maximum absolute atomic E-state index is 11.0. The van der Waals surface area contributed by atoms with Crippen LogP contribution in [0.1, 0.15) is 15.9 Å². The van der Waals surface area contributed by atoms with Crippen LogP contribution in [0.25, 0.3) is 0 Å². The van der Waals surface area contributed by atoms with Gasteiger partial charge in [0.1, 0.15) is 4.99 Å². The van der Waals surface area contributed by atoms with E-state index in [9.17, 15) is 4.79 Å². The van der Waals surface area contributed by atoms with Gasteiger partial charge in [-0.1, -0.05) is 23.8 Å². The molecule has 2 aromatic rings. The van der Waals surface area contributed by atoms with Crippen LogP contribution in [-0.2, 0) is 0 Å². The Morgan fingerprint density at radius 3 is 2.30 bits per heavy atom. The molecule has 102 valence electrons. The Bertz CT molecular complexity index is 671. The SMILES string of the molecule is NC(=O)c1ccc(Nc2cc(Cl)ccc2C(N)=S)cc1. The zero-order chi connectivity index (χ0) is 14.7. The number of amides is 1. The minimum Gasteiger partial charge on any atom is -0.389 e. The number of primary amides is 1. The molecule has 0 aliphatic heterocycles. The quantitative estimate of drug-likeness (QED) is 0.759. The molecule has 2 aromatic carbocycles. The predicted octanol–water partition coefficient (Wildman–Crippen LogP) is 2.82. The van der Waals surface area contributed by atoms with Gasteiger partial charge in [-0.2, -0.15) is 0 Å². The topological polar surface area (TPSA) is 81.1 Å². The van der Waals surface area contributed by atoms with Crippen LogP contribution in [0, 0.1) is 0 Å². The highest BCUT2D eigenvalue weighted by Crippen LogP contribution is 2.25. The second-order valence-corrected chi connectivity index (χ2v) is 5.00. The zero-order valence-electron chi connectivity index (χ0n) is 10.4. The lowest BCUT2D eigenvalue weighted by Gasteiger charge is -2.12. The van der Waals surface area contributed by atoms with E-state index >= 15 is 0 Å². The lowest BCUT2D eigenvalue weighted by Crippen LogP contribution is -2.12. The number of thiocarbonyl (C=S) groups is 1. The molecule has 0 spiro atoms. The van der Waals surface area contributed by atoms with E-state index in [2.05, 4.69) is 5.32 Å². The van der Waals surface area contributed by atoms with Crippen molar-refractivity contribution < 1.29 is 4.79 Å². The third-order valence-corrected chi connectivity index (χ3v) is 3.15. The van der Waals surface area contributed by atoms with Gasteiger partial charge in [0, 0.05) is 21.8 Å². The normalized spacial score (nSPS) is 10.1. The molecule has 0 aliphatic rings. The summed E-state index contributed by atoms with van der Waals surface area (Å²) in [6, 6.07) is 12.0. The molecule has 1 amide bonds. The van der Waals surface area contributed by atoms with E-state index in [0.717, 1.165) is 5.69 Å². The number of hydrogen-bond acceptors (Lipinski definition) is 3. The number of carbonyl (C=O) groups is 1. The summed E-state index contributed by atoms with van der Waals surface area (Å²) in [5.41, 5.74) is 13.5. The lowest BCUT2D eigenvalue weighted by molar-refractivity contribution is 0.100. The number of rotatable bonds is 4. The molecule has 0 heterocycles. The number of benzene rings is 2. The summed E-state index contributed by atoms with van der Waals surface area (Å²) < 4.78 is 0. The molecule has 5 N–H and O–H groups in total. The number of nitrogens with two attached hydrogens (primary N) is 2. The van der Waals surface area contributed by atoms with Gasteiger partial charge < -0.3 is 16.8 Å². The molecule has 0 saturated heterocycles. The summed E-state index contributed by atoms with van der Waals surface area (Å²) in [6.07, 6.45) is 0. The van der Waals surface area contributed by atoms with E-state index < -0.39 is 5.91 Å². The molecule has 2 rings (SSSR count). The summed E-state index contributed by atoms with van der Waals surface area (Å²) in [7, 11) is 0. The molecule has 0 aromatic heterocycles. The first-order chi connectivity index (χ1) is 9.47. The van der Waals surface area contributed by atoms with Crippen molar-refractivity contribution in [2.24, 2.45) is 11.5 Å². The molecule has 20 heavy (non-hydrogen) atoms. The number of nitrogens with one attached hydrogen (secondary N) is 1. The summed E-state index contributed by atoms with van der Waals surface area (Å²) in [4.78, 5) is 11.3. The van der Waals surface area contributed by atoms with E-state index in [1.54, 1.807) is 42.5 Å². The predicted molar refractivity (Wildman–Crippen MR) is 85.6 cm³/mol. The minimum atomic E-state index is -0.469. The number of halogens is 1. The van der Waals surface area contributed by atoms with Gasteiger partial charge in [-0.15, -0.1) is 0 Å². The van der Waals surface area contributed by atoms with Crippen LogP contribution in [0.5, 0.6) is 0 Å². The Kier molecular flexibility index (Phi) is 4.22. The van der Waals surface area contributed by atoms with Gasteiger partial charge in [0.2, 0.25) is 5.91 Å². The van der Waals surface area contributed by atoms with Crippen LogP contribution in [0.3, 0.4) is 0 Å². The standard InChI is InChI=1S/C14H12ClN3OS/c15-9-3-6-11(14(17)20)12(7-9)18-10-4-1-8(2-5-10)13(16)19/h1-7,18H,(H2,16,19)(H2,17,20). The van der Waals surface area contributed by atoms with Gasteiger partial charge in [0.05, 0.1) is 5.69 Å². The summed E-state index contributed by atoms with van der Waals surface area (Å²) in [6.45, 7) is 0. The van der Waals surface area contributed by atoms with E-state index in [1.165, 1.54) is 0 Å². The first-order valence-electron chi connectivity index (χ1n) is 5.73. The van der Waals surface area contributed by atoms with Crippen LogP contribution in [0.15, 0.2) is 42.5 Å². The van der Waals surface area contributed by atoms with Crippen molar-refractivity contribution in [3.63, 3.8) is 0 Å². The molecule has 0 saturated carbocycles. The highest BCUT2D eigenvalue weighted by molar-refractivity contribution is 7.80. The Morgan fingerprint density at radius 2 is 1.75 bits per heavy atom. The number of hydrogen-bond donors (Lipinski definition) is 3. The molecular weight excluding hydrogens is 294 g/mol. The molecular formula is C14H12ClN3OS.